The highest BCUT2D eigenvalue weighted by molar-refractivity contribution is 5.14. The monoisotopic (exact) mass is 237 g/mol. The Labute approximate surface area is 101 Å². The maximum absolute atomic E-state index is 6.11. The lowest BCUT2D eigenvalue weighted by Crippen LogP contribution is -2.55. The molecular formula is C12H19N3O2. The molecule has 0 amide bonds. The molecule has 2 fully saturated rings. The summed E-state index contributed by atoms with van der Waals surface area (Å²) in [5, 5.41) is 3.58. The molecule has 0 radical (unpaired) electrons. The predicted molar refractivity (Wildman–Crippen MR) is 62.7 cm³/mol. The molecule has 2 aliphatic heterocycles. The molecular weight excluding hydrogens is 218 g/mol. The van der Waals surface area contributed by atoms with Crippen molar-refractivity contribution in [1.29, 1.82) is 0 Å². The zero-order chi connectivity index (χ0) is 11.7. The summed E-state index contributed by atoms with van der Waals surface area (Å²) in [4.78, 5) is 4.21. The fourth-order valence-corrected chi connectivity index (χ4v) is 2.90. The number of ether oxygens (including phenoxy) is 2. The van der Waals surface area contributed by atoms with Gasteiger partial charge < -0.3 is 19.4 Å². The molecule has 17 heavy (non-hydrogen) atoms. The molecule has 2 saturated heterocycles. The normalized spacial score (nSPS) is 28.4. The highest BCUT2D eigenvalue weighted by atomic mass is 16.5. The van der Waals surface area contributed by atoms with Gasteiger partial charge in [-0.1, -0.05) is 0 Å². The topological polar surface area (TPSA) is 48.3 Å². The molecule has 3 rings (SSSR count). The van der Waals surface area contributed by atoms with Gasteiger partial charge in [0, 0.05) is 45.8 Å². The van der Waals surface area contributed by atoms with E-state index < -0.39 is 0 Å². The minimum Gasteiger partial charge on any atom is -0.381 e. The predicted octanol–water partition coefficient (Wildman–Crippen LogP) is 0.630. The summed E-state index contributed by atoms with van der Waals surface area (Å²) in [5.74, 6) is 0. The Balaban J connectivity index is 1.92. The summed E-state index contributed by atoms with van der Waals surface area (Å²) in [6.07, 6.45) is 5.69. The van der Waals surface area contributed by atoms with Gasteiger partial charge in [-0.15, -0.1) is 0 Å². The average molecular weight is 237 g/mol. The number of hydrogen-bond donors (Lipinski definition) is 1. The van der Waals surface area contributed by atoms with Gasteiger partial charge in [0.1, 0.15) is 0 Å². The molecule has 1 aromatic heterocycles. The lowest BCUT2D eigenvalue weighted by molar-refractivity contribution is -0.150. The minimum absolute atomic E-state index is 0.107. The Morgan fingerprint density at radius 1 is 1.41 bits per heavy atom. The first-order chi connectivity index (χ1) is 8.32. The summed E-state index contributed by atoms with van der Waals surface area (Å²) >= 11 is 0. The van der Waals surface area contributed by atoms with Crippen molar-refractivity contribution in [1.82, 2.24) is 14.9 Å². The third-order valence-electron chi connectivity index (χ3n) is 3.86. The van der Waals surface area contributed by atoms with Gasteiger partial charge in [-0.2, -0.15) is 0 Å². The van der Waals surface area contributed by atoms with Gasteiger partial charge in [-0.05, 0) is 0 Å². The van der Waals surface area contributed by atoms with Crippen molar-refractivity contribution in [2.45, 2.75) is 24.5 Å². The van der Waals surface area contributed by atoms with E-state index in [4.69, 9.17) is 9.47 Å². The third-order valence-corrected chi connectivity index (χ3v) is 3.86. The zero-order valence-electron chi connectivity index (χ0n) is 10.2. The quantitative estimate of drug-likeness (QED) is 0.778. The molecule has 3 heterocycles. The highest BCUT2D eigenvalue weighted by Gasteiger charge is 2.45. The van der Waals surface area contributed by atoms with Gasteiger partial charge in [-0.25, -0.2) is 4.98 Å². The number of nitrogens with one attached hydrogen (secondary N) is 1. The van der Waals surface area contributed by atoms with Crippen LogP contribution in [0, 0.1) is 0 Å². The Morgan fingerprint density at radius 2 is 2.24 bits per heavy atom. The summed E-state index contributed by atoms with van der Waals surface area (Å²) in [5.41, 5.74) is 1.09. The molecule has 0 aliphatic carbocycles. The molecule has 1 aromatic rings. The minimum atomic E-state index is -0.107. The van der Waals surface area contributed by atoms with Gasteiger partial charge in [-0.3, -0.25) is 0 Å². The molecule has 0 saturated carbocycles. The summed E-state index contributed by atoms with van der Waals surface area (Å²) in [6.45, 7) is 3.26. The first kappa shape index (κ1) is 11.2. The number of aryl methyl sites for hydroxylation is 1. The Hall–Kier alpha value is -0.910. The van der Waals surface area contributed by atoms with Crippen LogP contribution in [0.25, 0.3) is 0 Å². The first-order valence-corrected chi connectivity index (χ1v) is 6.23. The largest absolute Gasteiger partial charge is 0.381 e. The van der Waals surface area contributed by atoms with Crippen molar-refractivity contribution < 1.29 is 9.47 Å². The van der Waals surface area contributed by atoms with Crippen LogP contribution in [0.5, 0.6) is 0 Å². The fraction of sp³-hybridized carbons (Fsp3) is 0.750. The van der Waals surface area contributed by atoms with Crippen LogP contribution in [-0.4, -0.2) is 41.5 Å². The maximum Gasteiger partial charge on any atom is 0.0946 e. The summed E-state index contributed by atoms with van der Waals surface area (Å²) in [7, 11) is 2.03. The zero-order valence-corrected chi connectivity index (χ0v) is 10.2. The van der Waals surface area contributed by atoms with Crippen molar-refractivity contribution in [2.24, 2.45) is 7.05 Å². The number of hydrogen-bond acceptors (Lipinski definition) is 4. The Bertz CT molecular complexity index is 377. The average Bonchev–Trinajstić information content (AvgIpc) is 2.77. The van der Waals surface area contributed by atoms with Crippen LogP contribution >= 0.6 is 0 Å². The van der Waals surface area contributed by atoms with E-state index in [0.717, 1.165) is 39.2 Å². The van der Waals surface area contributed by atoms with E-state index in [1.807, 2.05) is 19.6 Å². The van der Waals surface area contributed by atoms with Gasteiger partial charge >= 0.3 is 0 Å². The Kier molecular flexibility index (Phi) is 2.90. The molecule has 1 unspecified atom stereocenters. The van der Waals surface area contributed by atoms with Crippen LogP contribution in [0.3, 0.4) is 0 Å². The molecule has 94 valence electrons. The van der Waals surface area contributed by atoms with Crippen LogP contribution in [0.15, 0.2) is 12.5 Å². The van der Waals surface area contributed by atoms with Gasteiger partial charge in [0.25, 0.3) is 0 Å². The third kappa shape index (κ3) is 1.88. The van der Waals surface area contributed by atoms with Crippen LogP contribution in [0.4, 0.5) is 0 Å². The number of aromatic nitrogens is 2. The van der Waals surface area contributed by atoms with Crippen molar-refractivity contribution in [3.05, 3.63) is 18.2 Å². The smallest absolute Gasteiger partial charge is 0.0946 e. The molecule has 0 bridgehead atoms. The molecule has 1 spiro atoms. The second kappa shape index (κ2) is 4.40. The summed E-state index contributed by atoms with van der Waals surface area (Å²) in [6, 6.07) is 0.229. The van der Waals surface area contributed by atoms with E-state index in [0.29, 0.717) is 0 Å². The number of imidazole rings is 1. The fourth-order valence-electron chi connectivity index (χ4n) is 2.90. The van der Waals surface area contributed by atoms with Crippen molar-refractivity contribution >= 4 is 0 Å². The Morgan fingerprint density at radius 3 is 2.94 bits per heavy atom. The van der Waals surface area contributed by atoms with Gasteiger partial charge in [0.15, 0.2) is 0 Å². The lowest BCUT2D eigenvalue weighted by Gasteiger charge is -2.46. The molecule has 0 aromatic carbocycles. The van der Waals surface area contributed by atoms with E-state index in [9.17, 15) is 0 Å². The second-order valence-electron chi connectivity index (χ2n) is 4.84. The second-order valence-corrected chi connectivity index (χ2v) is 4.84. The van der Waals surface area contributed by atoms with Crippen LogP contribution in [-0.2, 0) is 16.5 Å². The van der Waals surface area contributed by atoms with E-state index in [2.05, 4.69) is 14.9 Å². The molecule has 5 nitrogen and oxygen atoms in total. The lowest BCUT2D eigenvalue weighted by atomic mass is 9.83. The molecule has 1 atom stereocenters. The maximum atomic E-state index is 6.11. The van der Waals surface area contributed by atoms with E-state index in [1.54, 1.807) is 0 Å². The van der Waals surface area contributed by atoms with E-state index >= 15 is 0 Å². The van der Waals surface area contributed by atoms with Crippen LogP contribution < -0.4 is 5.32 Å². The SMILES string of the molecule is Cn1cncc1C1NCCOC12CCOCC2. The first-order valence-electron chi connectivity index (χ1n) is 6.23. The highest BCUT2D eigenvalue weighted by Crippen LogP contribution is 2.39. The van der Waals surface area contributed by atoms with Gasteiger partial charge in [0.05, 0.1) is 30.3 Å². The molecule has 5 heteroatoms. The molecule has 2 aliphatic rings. The van der Waals surface area contributed by atoms with Gasteiger partial charge in [0.2, 0.25) is 0 Å². The number of nitrogens with zero attached hydrogens (tertiary/aromatic N) is 2. The van der Waals surface area contributed by atoms with E-state index in [1.165, 1.54) is 5.69 Å². The van der Waals surface area contributed by atoms with E-state index in [-0.39, 0.29) is 11.6 Å². The van der Waals surface area contributed by atoms with Crippen molar-refractivity contribution in [2.75, 3.05) is 26.4 Å². The summed E-state index contributed by atoms with van der Waals surface area (Å²) < 4.78 is 13.6. The number of rotatable bonds is 1. The number of morpholine rings is 1. The van der Waals surface area contributed by atoms with Crippen molar-refractivity contribution in [3.63, 3.8) is 0 Å². The molecule has 1 N–H and O–H groups in total. The van der Waals surface area contributed by atoms with Crippen LogP contribution in [0.1, 0.15) is 24.6 Å². The van der Waals surface area contributed by atoms with Crippen molar-refractivity contribution in [3.8, 4) is 0 Å². The van der Waals surface area contributed by atoms with Crippen LogP contribution in [0.2, 0.25) is 0 Å². The standard InChI is InChI=1S/C12H19N3O2/c1-15-9-13-8-10(15)11-12(17-7-4-14-11)2-5-16-6-3-12/h8-9,11,14H,2-7H2,1H3.